The summed E-state index contributed by atoms with van der Waals surface area (Å²) >= 11 is 14.0. The normalized spacial score (nSPS) is 17.7. The Bertz CT molecular complexity index is 956. The number of nitrogens with zero attached hydrogens (tertiary/aromatic N) is 3. The molecule has 1 fully saturated rings. The first-order chi connectivity index (χ1) is 13.0. The first-order valence-electron chi connectivity index (χ1n) is 8.66. The zero-order valence-corrected chi connectivity index (χ0v) is 17.4. The molecule has 1 heterocycles. The van der Waals surface area contributed by atoms with Crippen LogP contribution in [0, 0.1) is 12.8 Å². The van der Waals surface area contributed by atoms with Crippen molar-refractivity contribution in [3.63, 3.8) is 0 Å². The summed E-state index contributed by atoms with van der Waals surface area (Å²) in [5.41, 5.74) is 3.11. The third-order valence-corrected chi connectivity index (χ3v) is 6.66. The highest BCUT2D eigenvalue weighted by Crippen LogP contribution is 2.54. The lowest BCUT2D eigenvalue weighted by Gasteiger charge is -2.12. The van der Waals surface area contributed by atoms with E-state index in [0.29, 0.717) is 0 Å². The molecule has 1 aliphatic carbocycles. The fourth-order valence-electron chi connectivity index (χ4n) is 2.92. The lowest BCUT2D eigenvalue weighted by atomic mass is 10.1. The lowest BCUT2D eigenvalue weighted by molar-refractivity contribution is 0.416. The topological polar surface area (TPSA) is 39.9 Å². The highest BCUT2D eigenvalue weighted by molar-refractivity contribution is 7.99. The number of benzene rings is 2. The molecule has 2 aromatic carbocycles. The fourth-order valence-corrected chi connectivity index (χ4v) is 4.80. The lowest BCUT2D eigenvalue weighted by Crippen LogP contribution is -2.02. The predicted octanol–water partition coefficient (Wildman–Crippen LogP) is 5.54. The van der Waals surface area contributed by atoms with Crippen LogP contribution < -0.4 is 4.74 Å². The molecule has 27 heavy (non-hydrogen) atoms. The van der Waals surface area contributed by atoms with Gasteiger partial charge in [0.25, 0.3) is 0 Å². The molecule has 1 aliphatic rings. The van der Waals surface area contributed by atoms with E-state index in [0.717, 1.165) is 40.2 Å². The number of para-hydroxylation sites is 1. The van der Waals surface area contributed by atoms with Crippen LogP contribution in [0.4, 0.5) is 0 Å². The number of rotatable bonds is 6. The zero-order chi connectivity index (χ0) is 19.0. The standard InChI is InChI=1S/C20H19Cl2N3OS/c1-13-7-9-15(10-8-13)25-18(16-5-3-4-6-17(16)26-2)23-24-19(25)27-12-14-11-20(14,21)22/h3-10,14H,11-12H2,1-2H3. The highest BCUT2D eigenvalue weighted by atomic mass is 35.5. The van der Waals surface area contributed by atoms with E-state index in [1.54, 1.807) is 18.9 Å². The number of thioether (sulfide) groups is 1. The summed E-state index contributed by atoms with van der Waals surface area (Å²) in [5.74, 6) is 2.60. The number of hydrogen-bond acceptors (Lipinski definition) is 4. The van der Waals surface area contributed by atoms with E-state index >= 15 is 0 Å². The van der Waals surface area contributed by atoms with Crippen molar-refractivity contribution in [2.75, 3.05) is 12.9 Å². The van der Waals surface area contributed by atoms with Crippen molar-refractivity contribution in [1.29, 1.82) is 0 Å². The van der Waals surface area contributed by atoms with Gasteiger partial charge in [-0.3, -0.25) is 4.57 Å². The first kappa shape index (κ1) is 18.7. The van der Waals surface area contributed by atoms with Crippen LogP contribution in [0.5, 0.6) is 5.75 Å². The second-order valence-corrected chi connectivity index (χ2v) is 9.18. The molecule has 0 amide bonds. The van der Waals surface area contributed by atoms with E-state index < -0.39 is 4.33 Å². The van der Waals surface area contributed by atoms with E-state index in [2.05, 4.69) is 46.0 Å². The number of halogens is 2. The Labute approximate surface area is 172 Å². The molecule has 1 unspecified atom stereocenters. The number of ether oxygens (including phenoxy) is 1. The average molecular weight is 420 g/mol. The summed E-state index contributed by atoms with van der Waals surface area (Å²) in [6, 6.07) is 16.1. The fraction of sp³-hybridized carbons (Fsp3) is 0.300. The quantitative estimate of drug-likeness (QED) is 0.388. The van der Waals surface area contributed by atoms with Gasteiger partial charge in [-0.2, -0.15) is 0 Å². The smallest absolute Gasteiger partial charge is 0.196 e. The van der Waals surface area contributed by atoms with Crippen molar-refractivity contribution in [2.24, 2.45) is 5.92 Å². The second-order valence-electron chi connectivity index (χ2n) is 6.65. The van der Waals surface area contributed by atoms with Crippen LogP contribution in [0.2, 0.25) is 0 Å². The molecule has 0 N–H and O–H groups in total. The van der Waals surface area contributed by atoms with Gasteiger partial charge in [-0.15, -0.1) is 33.4 Å². The molecular weight excluding hydrogens is 401 g/mol. The predicted molar refractivity (Wildman–Crippen MR) is 111 cm³/mol. The highest BCUT2D eigenvalue weighted by Gasteiger charge is 2.51. The van der Waals surface area contributed by atoms with Gasteiger partial charge in [-0.1, -0.05) is 41.6 Å². The minimum absolute atomic E-state index is 0.281. The van der Waals surface area contributed by atoms with Gasteiger partial charge in [0, 0.05) is 17.4 Å². The van der Waals surface area contributed by atoms with Gasteiger partial charge in [-0.05, 0) is 37.6 Å². The molecule has 1 aromatic heterocycles. The number of hydrogen-bond donors (Lipinski definition) is 0. The first-order valence-corrected chi connectivity index (χ1v) is 10.4. The summed E-state index contributed by atoms with van der Waals surface area (Å²) in [7, 11) is 1.66. The van der Waals surface area contributed by atoms with Crippen molar-refractivity contribution in [2.45, 2.75) is 22.8 Å². The van der Waals surface area contributed by atoms with Crippen LogP contribution in [0.15, 0.2) is 53.7 Å². The van der Waals surface area contributed by atoms with Crippen molar-refractivity contribution in [1.82, 2.24) is 14.8 Å². The molecule has 1 saturated carbocycles. The Morgan fingerprint density at radius 3 is 2.52 bits per heavy atom. The maximum Gasteiger partial charge on any atom is 0.196 e. The van der Waals surface area contributed by atoms with Gasteiger partial charge in [0.2, 0.25) is 0 Å². The minimum atomic E-state index is -0.590. The zero-order valence-electron chi connectivity index (χ0n) is 15.0. The molecule has 7 heteroatoms. The number of aromatic nitrogens is 3. The maximum absolute atomic E-state index is 6.18. The van der Waals surface area contributed by atoms with Crippen molar-refractivity contribution in [3.05, 3.63) is 54.1 Å². The molecule has 1 atom stereocenters. The third kappa shape index (κ3) is 3.82. The molecule has 4 nitrogen and oxygen atoms in total. The Kier molecular flexibility index (Phi) is 5.10. The van der Waals surface area contributed by atoms with Crippen LogP contribution in [0.1, 0.15) is 12.0 Å². The van der Waals surface area contributed by atoms with Crippen molar-refractivity contribution >= 4 is 35.0 Å². The average Bonchev–Trinajstić information content (AvgIpc) is 3.09. The molecule has 140 valence electrons. The monoisotopic (exact) mass is 419 g/mol. The van der Waals surface area contributed by atoms with Crippen LogP contribution >= 0.6 is 35.0 Å². The Hall–Kier alpha value is -1.69. The molecule has 4 rings (SSSR count). The summed E-state index contributed by atoms with van der Waals surface area (Å²) < 4.78 is 7.01. The summed E-state index contributed by atoms with van der Waals surface area (Å²) in [5, 5.41) is 9.74. The van der Waals surface area contributed by atoms with Gasteiger partial charge < -0.3 is 4.74 Å². The molecule has 3 aromatic rings. The Morgan fingerprint density at radius 2 is 1.85 bits per heavy atom. The van der Waals surface area contributed by atoms with Gasteiger partial charge in [0.1, 0.15) is 10.1 Å². The van der Waals surface area contributed by atoms with Crippen LogP contribution in [-0.4, -0.2) is 32.0 Å². The van der Waals surface area contributed by atoms with E-state index in [-0.39, 0.29) is 5.92 Å². The van der Waals surface area contributed by atoms with Gasteiger partial charge in [0.15, 0.2) is 11.0 Å². The Balaban J connectivity index is 1.76. The van der Waals surface area contributed by atoms with E-state index in [1.807, 2.05) is 24.3 Å². The molecule has 0 spiro atoms. The molecule has 0 bridgehead atoms. The number of alkyl halides is 2. The largest absolute Gasteiger partial charge is 0.496 e. The van der Waals surface area contributed by atoms with Crippen LogP contribution in [-0.2, 0) is 0 Å². The molecular formula is C20H19Cl2N3OS. The van der Waals surface area contributed by atoms with Crippen LogP contribution in [0.25, 0.3) is 17.1 Å². The molecule has 0 aliphatic heterocycles. The van der Waals surface area contributed by atoms with Gasteiger partial charge >= 0.3 is 0 Å². The molecule has 0 radical (unpaired) electrons. The van der Waals surface area contributed by atoms with Crippen molar-refractivity contribution in [3.8, 4) is 22.8 Å². The SMILES string of the molecule is COc1ccccc1-c1nnc(SCC2CC2(Cl)Cl)n1-c1ccc(C)cc1. The minimum Gasteiger partial charge on any atom is -0.496 e. The maximum atomic E-state index is 6.18. The number of methoxy groups -OCH3 is 1. The third-order valence-electron chi connectivity index (χ3n) is 4.64. The van der Waals surface area contributed by atoms with E-state index in [4.69, 9.17) is 27.9 Å². The van der Waals surface area contributed by atoms with Crippen molar-refractivity contribution < 1.29 is 4.74 Å². The summed E-state index contributed by atoms with van der Waals surface area (Å²) in [6.45, 7) is 2.07. The van der Waals surface area contributed by atoms with E-state index in [9.17, 15) is 0 Å². The van der Waals surface area contributed by atoms with Gasteiger partial charge in [0.05, 0.1) is 12.7 Å². The Morgan fingerprint density at radius 1 is 1.15 bits per heavy atom. The number of aryl methyl sites for hydroxylation is 1. The summed E-state index contributed by atoms with van der Waals surface area (Å²) in [4.78, 5) is 0. The summed E-state index contributed by atoms with van der Waals surface area (Å²) in [6.07, 6.45) is 0.821. The van der Waals surface area contributed by atoms with Crippen LogP contribution in [0.3, 0.4) is 0 Å². The second kappa shape index (κ2) is 7.38. The van der Waals surface area contributed by atoms with E-state index in [1.165, 1.54) is 5.56 Å². The van der Waals surface area contributed by atoms with Gasteiger partial charge in [-0.25, -0.2) is 0 Å². The molecule has 0 saturated heterocycles.